The Balaban J connectivity index is 1.67. The fourth-order valence-corrected chi connectivity index (χ4v) is 4.33. The maximum atomic E-state index is 12.9. The van der Waals surface area contributed by atoms with Crippen LogP contribution in [0.1, 0.15) is 43.5 Å². The summed E-state index contributed by atoms with van der Waals surface area (Å²) in [4.78, 5) is 38.7. The number of hydrogen-bond acceptors (Lipinski definition) is 7. The molecule has 0 aromatic heterocycles. The lowest BCUT2D eigenvalue weighted by molar-refractivity contribution is -0.153. The van der Waals surface area contributed by atoms with Crippen LogP contribution in [-0.4, -0.2) is 66.4 Å². The van der Waals surface area contributed by atoms with Gasteiger partial charge in [-0.2, -0.15) is 0 Å². The lowest BCUT2D eigenvalue weighted by Crippen LogP contribution is -2.57. The first-order valence-electron chi connectivity index (χ1n) is 10.4. The number of likely N-dealkylation sites (tertiary alicyclic amines) is 1. The second-order valence-electron chi connectivity index (χ2n) is 8.75. The lowest BCUT2D eigenvalue weighted by atomic mass is 10.0. The van der Waals surface area contributed by atoms with Gasteiger partial charge in [-0.3, -0.25) is 14.5 Å². The molecule has 1 saturated carbocycles. The fourth-order valence-electron chi connectivity index (χ4n) is 4.06. The summed E-state index contributed by atoms with van der Waals surface area (Å²) in [5.74, 6) is -0.922. The van der Waals surface area contributed by atoms with Crippen LogP contribution < -0.4 is 5.32 Å². The standard InChI is InChI=1S/C22H29BrN2O6/c1-13(2)18(24-21(29)30-3)19(27)25-12-22(8-9-22)10-16(25)20(28)31-11-17(26)14-4-6-15(23)7-5-14/h4-7,13,16,18-19,27H,8-12H2,1-3H3,(H,24,29)/t16-,18-,19?/m0/s1. The highest BCUT2D eigenvalue weighted by Crippen LogP contribution is 2.55. The van der Waals surface area contributed by atoms with Gasteiger partial charge in [-0.05, 0) is 42.7 Å². The molecule has 1 aliphatic heterocycles. The van der Waals surface area contributed by atoms with Gasteiger partial charge in [0.05, 0.1) is 13.2 Å². The zero-order chi connectivity index (χ0) is 22.8. The van der Waals surface area contributed by atoms with Crippen LogP contribution in [0.15, 0.2) is 28.7 Å². The Kier molecular flexibility index (Phi) is 7.39. The number of carbonyl (C=O) groups is 3. The lowest BCUT2D eigenvalue weighted by Gasteiger charge is -2.35. The summed E-state index contributed by atoms with van der Waals surface area (Å²) in [7, 11) is 1.26. The average Bonchev–Trinajstić information content (AvgIpc) is 3.39. The van der Waals surface area contributed by atoms with E-state index in [2.05, 4.69) is 26.0 Å². The van der Waals surface area contributed by atoms with Gasteiger partial charge in [0.25, 0.3) is 0 Å². The van der Waals surface area contributed by atoms with Gasteiger partial charge in [-0.1, -0.05) is 41.9 Å². The van der Waals surface area contributed by atoms with Gasteiger partial charge >= 0.3 is 12.1 Å². The molecule has 8 nitrogen and oxygen atoms in total. The van der Waals surface area contributed by atoms with E-state index >= 15 is 0 Å². The largest absolute Gasteiger partial charge is 0.456 e. The van der Waals surface area contributed by atoms with Crippen LogP contribution in [0.3, 0.4) is 0 Å². The number of aliphatic hydroxyl groups is 1. The number of halogens is 1. The Labute approximate surface area is 190 Å². The number of rotatable bonds is 8. The minimum Gasteiger partial charge on any atom is -0.456 e. The summed E-state index contributed by atoms with van der Waals surface area (Å²) in [6.07, 6.45) is 0.804. The number of nitrogens with one attached hydrogen (secondary N) is 1. The summed E-state index contributed by atoms with van der Waals surface area (Å²) in [6.45, 7) is 3.93. The van der Waals surface area contributed by atoms with Crippen molar-refractivity contribution >= 4 is 33.8 Å². The monoisotopic (exact) mass is 496 g/mol. The maximum Gasteiger partial charge on any atom is 0.407 e. The number of methoxy groups -OCH3 is 1. The van der Waals surface area contributed by atoms with Crippen molar-refractivity contribution in [3.63, 3.8) is 0 Å². The summed E-state index contributed by atoms with van der Waals surface area (Å²) in [5, 5.41) is 13.7. The van der Waals surface area contributed by atoms with E-state index in [0.29, 0.717) is 18.5 Å². The molecule has 31 heavy (non-hydrogen) atoms. The minimum atomic E-state index is -1.08. The van der Waals surface area contributed by atoms with Crippen molar-refractivity contribution in [3.8, 4) is 0 Å². The van der Waals surface area contributed by atoms with E-state index in [4.69, 9.17) is 4.74 Å². The van der Waals surface area contributed by atoms with Crippen molar-refractivity contribution in [3.05, 3.63) is 34.3 Å². The molecule has 9 heteroatoms. The first kappa shape index (κ1) is 23.7. The number of esters is 1. The molecule has 1 aliphatic carbocycles. The molecule has 1 amide bonds. The van der Waals surface area contributed by atoms with Gasteiger partial charge in [-0.25, -0.2) is 4.79 Å². The molecule has 0 bridgehead atoms. The smallest absolute Gasteiger partial charge is 0.407 e. The molecule has 1 heterocycles. The topological polar surface area (TPSA) is 105 Å². The highest BCUT2D eigenvalue weighted by atomic mass is 79.9. The molecule has 3 rings (SSSR count). The van der Waals surface area contributed by atoms with E-state index in [1.807, 2.05) is 13.8 Å². The molecule has 1 spiro atoms. The van der Waals surface area contributed by atoms with Crippen molar-refractivity contribution in [1.82, 2.24) is 10.2 Å². The third kappa shape index (κ3) is 5.64. The molecule has 1 saturated heterocycles. The van der Waals surface area contributed by atoms with Gasteiger partial charge in [-0.15, -0.1) is 0 Å². The number of nitrogens with zero attached hydrogens (tertiary/aromatic N) is 1. The molecule has 0 radical (unpaired) electrons. The minimum absolute atomic E-state index is 0.00677. The first-order valence-corrected chi connectivity index (χ1v) is 11.2. The number of ketones is 1. The van der Waals surface area contributed by atoms with Gasteiger partial charge in [0.15, 0.2) is 12.4 Å². The summed E-state index contributed by atoms with van der Waals surface area (Å²) in [6, 6.07) is 5.54. The third-order valence-electron chi connectivity index (χ3n) is 6.13. The molecule has 1 aromatic carbocycles. The Morgan fingerprint density at radius 1 is 1.26 bits per heavy atom. The van der Waals surface area contributed by atoms with Crippen molar-refractivity contribution < 1.29 is 29.0 Å². The van der Waals surface area contributed by atoms with Crippen LogP contribution in [0.4, 0.5) is 4.79 Å². The van der Waals surface area contributed by atoms with Crippen LogP contribution in [0, 0.1) is 11.3 Å². The third-order valence-corrected chi connectivity index (χ3v) is 6.66. The fraction of sp³-hybridized carbons (Fsp3) is 0.591. The van der Waals surface area contributed by atoms with Gasteiger partial charge in [0.2, 0.25) is 0 Å². The second kappa shape index (κ2) is 9.67. The Bertz CT molecular complexity index is 824. The van der Waals surface area contributed by atoms with Crippen molar-refractivity contribution in [2.24, 2.45) is 11.3 Å². The number of ether oxygens (including phenoxy) is 2. The molecule has 2 aliphatic rings. The molecular formula is C22H29BrN2O6. The Hall–Kier alpha value is -1.97. The Morgan fingerprint density at radius 2 is 1.90 bits per heavy atom. The van der Waals surface area contributed by atoms with Crippen LogP contribution in [0.2, 0.25) is 0 Å². The summed E-state index contributed by atoms with van der Waals surface area (Å²) in [5.41, 5.74) is 0.452. The zero-order valence-corrected chi connectivity index (χ0v) is 19.6. The molecular weight excluding hydrogens is 468 g/mol. The van der Waals surface area contributed by atoms with Crippen LogP contribution >= 0.6 is 15.9 Å². The van der Waals surface area contributed by atoms with Crippen molar-refractivity contribution in [2.75, 3.05) is 20.3 Å². The van der Waals surface area contributed by atoms with E-state index in [1.54, 1.807) is 29.2 Å². The van der Waals surface area contributed by atoms with Crippen LogP contribution in [0.25, 0.3) is 0 Å². The van der Waals surface area contributed by atoms with E-state index < -0.39 is 30.4 Å². The number of Topliss-reactive ketones (excluding diaryl/α,β-unsaturated/α-hetero) is 1. The molecule has 3 atom stereocenters. The number of benzene rings is 1. The van der Waals surface area contributed by atoms with Gasteiger partial charge in [0, 0.05) is 16.6 Å². The van der Waals surface area contributed by atoms with Crippen molar-refractivity contribution in [1.29, 1.82) is 0 Å². The van der Waals surface area contributed by atoms with Crippen LogP contribution in [-0.2, 0) is 14.3 Å². The number of amides is 1. The average molecular weight is 497 g/mol. The normalized spacial score (nSPS) is 21.5. The van der Waals surface area contributed by atoms with Crippen LogP contribution in [0.5, 0.6) is 0 Å². The summed E-state index contributed by atoms with van der Waals surface area (Å²) < 4.78 is 10.9. The van der Waals surface area contributed by atoms with Gasteiger partial charge < -0.3 is 19.9 Å². The molecule has 170 valence electrons. The van der Waals surface area contributed by atoms with E-state index in [-0.39, 0.29) is 23.7 Å². The maximum absolute atomic E-state index is 12.9. The Morgan fingerprint density at radius 3 is 2.45 bits per heavy atom. The molecule has 1 unspecified atom stereocenters. The quantitative estimate of drug-likeness (QED) is 0.420. The second-order valence-corrected chi connectivity index (χ2v) is 9.67. The van der Waals surface area contributed by atoms with E-state index in [9.17, 15) is 19.5 Å². The number of carbonyl (C=O) groups excluding carboxylic acids is 3. The number of alkyl carbamates (subject to hydrolysis) is 1. The first-order chi connectivity index (χ1) is 14.7. The van der Waals surface area contributed by atoms with E-state index in [0.717, 1.165) is 17.3 Å². The number of aliphatic hydroxyl groups excluding tert-OH is 1. The SMILES string of the molecule is COC(=O)N[C@@H](C(C)C)C(O)N1CC2(CC2)C[C@H]1C(=O)OCC(=O)c1ccc(Br)cc1. The van der Waals surface area contributed by atoms with Gasteiger partial charge in [0.1, 0.15) is 12.3 Å². The zero-order valence-electron chi connectivity index (χ0n) is 18.0. The predicted octanol–water partition coefficient (Wildman–Crippen LogP) is 2.73. The highest BCUT2D eigenvalue weighted by molar-refractivity contribution is 9.10. The predicted molar refractivity (Wildman–Crippen MR) is 116 cm³/mol. The molecule has 2 fully saturated rings. The molecule has 1 aromatic rings. The highest BCUT2D eigenvalue weighted by Gasteiger charge is 2.56. The molecule has 2 N–H and O–H groups in total. The van der Waals surface area contributed by atoms with E-state index in [1.165, 1.54) is 7.11 Å². The van der Waals surface area contributed by atoms with Crippen molar-refractivity contribution in [2.45, 2.75) is 51.4 Å². The number of hydrogen-bond donors (Lipinski definition) is 2. The summed E-state index contributed by atoms with van der Waals surface area (Å²) >= 11 is 3.32.